The molecule has 1 saturated heterocycles. The van der Waals surface area contributed by atoms with E-state index in [0.717, 1.165) is 53.6 Å². The van der Waals surface area contributed by atoms with E-state index in [4.69, 9.17) is 0 Å². The van der Waals surface area contributed by atoms with Crippen molar-refractivity contribution in [2.24, 2.45) is 11.8 Å². The Morgan fingerprint density at radius 2 is 1.69 bits per heavy atom. The number of pyridine rings is 1. The minimum Gasteiger partial charge on any atom is -0.481 e. The maximum Gasteiger partial charge on any atom is 0.416 e. The number of carboxylic acids is 1. The quantitative estimate of drug-likeness (QED) is 0.199. The predicted octanol–water partition coefficient (Wildman–Crippen LogP) is 8.15. The molecule has 2 atom stereocenters. The Kier molecular flexibility index (Phi) is 10.8. The summed E-state index contributed by atoms with van der Waals surface area (Å²) in [6, 6.07) is 8.70. The summed E-state index contributed by atoms with van der Waals surface area (Å²) >= 11 is 0. The Labute approximate surface area is 298 Å². The molecule has 2 fully saturated rings. The maximum absolute atomic E-state index is 14.4. The van der Waals surface area contributed by atoms with Gasteiger partial charge in [0.15, 0.2) is 0 Å². The molecule has 1 saturated carbocycles. The highest BCUT2D eigenvalue weighted by Crippen LogP contribution is 2.41. The fourth-order valence-electron chi connectivity index (χ4n) is 8.35. The number of benzene rings is 2. The summed E-state index contributed by atoms with van der Waals surface area (Å²) in [5.41, 5.74) is 5.56. The molecule has 3 aliphatic rings. The zero-order valence-electron chi connectivity index (χ0n) is 30.1. The molecule has 1 aromatic heterocycles. The van der Waals surface area contributed by atoms with Gasteiger partial charge < -0.3 is 19.9 Å². The van der Waals surface area contributed by atoms with E-state index in [-0.39, 0.29) is 17.9 Å². The molecule has 2 N–H and O–H groups in total. The lowest BCUT2D eigenvalue weighted by molar-refractivity contribution is -0.139. The van der Waals surface area contributed by atoms with Gasteiger partial charge in [-0.2, -0.15) is 13.2 Å². The fourth-order valence-corrected chi connectivity index (χ4v) is 8.35. The van der Waals surface area contributed by atoms with Crippen molar-refractivity contribution in [1.29, 1.82) is 0 Å². The maximum atomic E-state index is 14.4. The summed E-state index contributed by atoms with van der Waals surface area (Å²) in [6.07, 6.45) is 2.56. The first kappa shape index (κ1) is 36.9. The van der Waals surface area contributed by atoms with Crippen LogP contribution in [-0.4, -0.2) is 46.1 Å². The van der Waals surface area contributed by atoms with Crippen LogP contribution in [0.4, 0.5) is 13.2 Å². The number of alkyl halides is 3. The second-order valence-electron chi connectivity index (χ2n) is 15.5. The summed E-state index contributed by atoms with van der Waals surface area (Å²) in [7, 11) is 0. The molecule has 7 nitrogen and oxygen atoms in total. The van der Waals surface area contributed by atoms with Crippen LogP contribution in [0.5, 0.6) is 0 Å². The Bertz CT molecular complexity index is 1820. The van der Waals surface area contributed by atoms with Gasteiger partial charge in [-0.05, 0) is 147 Å². The third kappa shape index (κ3) is 8.43. The zero-order chi connectivity index (χ0) is 36.6. The molecule has 2 heterocycles. The van der Waals surface area contributed by atoms with Crippen LogP contribution in [-0.2, 0) is 28.6 Å². The van der Waals surface area contributed by atoms with Crippen molar-refractivity contribution in [2.75, 3.05) is 19.6 Å². The molecule has 3 aromatic rings. The number of aliphatic carboxylic acids is 1. The molecule has 1 aliphatic heterocycles. The van der Waals surface area contributed by atoms with E-state index in [2.05, 4.69) is 36.2 Å². The van der Waals surface area contributed by atoms with E-state index in [1.807, 2.05) is 32.0 Å². The number of rotatable bonds is 12. The summed E-state index contributed by atoms with van der Waals surface area (Å²) < 4.78 is 44.5. The molecule has 0 bridgehead atoms. The standard InChI is InChI=1S/C41H50F3N3O4/c1-24(2)17-36(47-23-33(34(20-37(47)48)41(42,43)44)28-13-15-46(16-14-28)22-27-11-12-27)40(51)45-35(21-38(49)50)30-18-29-9-6-10-31(29)32(19-30)39-25(3)7-5-8-26(39)4/h5,7-8,18-20,23-24,27-28,35-36H,6,9-17,21-22H2,1-4H3,(H,45,51)(H,49,50)/t35-,36-/m1/s1. The predicted molar refractivity (Wildman–Crippen MR) is 192 cm³/mol. The van der Waals surface area contributed by atoms with Crippen LogP contribution >= 0.6 is 0 Å². The molecule has 51 heavy (non-hydrogen) atoms. The van der Waals surface area contributed by atoms with E-state index < -0.39 is 53.6 Å². The lowest BCUT2D eigenvalue weighted by Crippen LogP contribution is -2.41. The van der Waals surface area contributed by atoms with Gasteiger partial charge in [-0.1, -0.05) is 38.1 Å². The number of hydrogen-bond donors (Lipinski definition) is 2. The molecule has 0 radical (unpaired) electrons. The average molecular weight is 706 g/mol. The number of carboxylic acid groups (broad SMARTS) is 1. The van der Waals surface area contributed by atoms with Crippen molar-refractivity contribution in [3.05, 3.63) is 91.9 Å². The summed E-state index contributed by atoms with van der Waals surface area (Å²) in [6.45, 7) is 10.2. The Balaban J connectivity index is 1.36. The molecular weight excluding hydrogens is 655 g/mol. The van der Waals surface area contributed by atoms with Gasteiger partial charge in [0.1, 0.15) is 6.04 Å². The SMILES string of the molecule is Cc1cccc(C)c1-c1cc([C@@H](CC(=O)O)NC(=O)[C@@H](CC(C)C)n2cc(C3CCN(CC4CC4)CC3)c(C(F)(F)F)cc2=O)cc2c1CCC2. The monoisotopic (exact) mass is 705 g/mol. The van der Waals surface area contributed by atoms with Crippen molar-refractivity contribution < 1.29 is 27.9 Å². The first-order valence-corrected chi connectivity index (χ1v) is 18.5. The summed E-state index contributed by atoms with van der Waals surface area (Å²) in [5, 5.41) is 13.0. The topological polar surface area (TPSA) is 91.6 Å². The summed E-state index contributed by atoms with van der Waals surface area (Å²) in [4.78, 5) is 42.4. The summed E-state index contributed by atoms with van der Waals surface area (Å²) in [5.74, 6) is -1.49. The normalized spacial score (nSPS) is 18.1. The van der Waals surface area contributed by atoms with Crippen molar-refractivity contribution in [3.63, 3.8) is 0 Å². The van der Waals surface area contributed by atoms with Gasteiger partial charge in [0.2, 0.25) is 5.91 Å². The van der Waals surface area contributed by atoms with Crippen LogP contribution in [0.3, 0.4) is 0 Å². The minimum absolute atomic E-state index is 0.0497. The van der Waals surface area contributed by atoms with E-state index in [1.54, 1.807) is 0 Å². The first-order chi connectivity index (χ1) is 24.2. The lowest BCUT2D eigenvalue weighted by atomic mass is 9.86. The number of hydrogen-bond acceptors (Lipinski definition) is 4. The molecule has 2 aliphatic carbocycles. The highest BCUT2D eigenvalue weighted by molar-refractivity contribution is 5.82. The van der Waals surface area contributed by atoms with Crippen LogP contribution < -0.4 is 10.9 Å². The van der Waals surface area contributed by atoms with Gasteiger partial charge in [-0.3, -0.25) is 14.4 Å². The van der Waals surface area contributed by atoms with Crippen LogP contribution in [0.2, 0.25) is 0 Å². The van der Waals surface area contributed by atoms with Crippen LogP contribution in [0.1, 0.15) is 116 Å². The molecule has 6 rings (SSSR count). The molecule has 2 aromatic carbocycles. The van der Waals surface area contributed by atoms with Crippen LogP contribution in [0.15, 0.2) is 47.4 Å². The zero-order valence-corrected chi connectivity index (χ0v) is 30.1. The van der Waals surface area contributed by atoms with Gasteiger partial charge in [-0.25, -0.2) is 0 Å². The number of carbonyl (C=O) groups is 2. The number of fused-ring (bicyclic) bond motifs is 1. The van der Waals surface area contributed by atoms with Crippen LogP contribution in [0, 0.1) is 25.7 Å². The minimum atomic E-state index is -4.72. The third-order valence-corrected chi connectivity index (χ3v) is 11.1. The highest BCUT2D eigenvalue weighted by atomic mass is 19.4. The van der Waals surface area contributed by atoms with Crippen LogP contribution in [0.25, 0.3) is 11.1 Å². The van der Waals surface area contributed by atoms with Gasteiger partial charge >= 0.3 is 12.1 Å². The van der Waals surface area contributed by atoms with E-state index in [1.165, 1.54) is 29.2 Å². The van der Waals surface area contributed by atoms with E-state index in [9.17, 15) is 32.7 Å². The average Bonchev–Trinajstić information content (AvgIpc) is 3.74. The van der Waals surface area contributed by atoms with Gasteiger partial charge in [-0.15, -0.1) is 0 Å². The first-order valence-electron chi connectivity index (χ1n) is 18.5. The number of nitrogens with zero attached hydrogens (tertiary/aromatic N) is 2. The second kappa shape index (κ2) is 15.0. The van der Waals surface area contributed by atoms with Gasteiger partial charge in [0.25, 0.3) is 5.56 Å². The van der Waals surface area contributed by atoms with Crippen molar-refractivity contribution in [1.82, 2.24) is 14.8 Å². The van der Waals surface area contributed by atoms with Crippen molar-refractivity contribution in [3.8, 4) is 11.1 Å². The van der Waals surface area contributed by atoms with Crippen molar-refractivity contribution >= 4 is 11.9 Å². The number of aryl methyl sites for hydroxylation is 3. The molecule has 274 valence electrons. The molecule has 10 heteroatoms. The highest BCUT2D eigenvalue weighted by Gasteiger charge is 2.39. The number of likely N-dealkylation sites (tertiary alicyclic amines) is 1. The number of carbonyl (C=O) groups excluding carboxylic acids is 1. The number of nitrogens with one attached hydrogen (secondary N) is 1. The number of amides is 1. The largest absolute Gasteiger partial charge is 0.481 e. The molecule has 0 spiro atoms. The Hall–Kier alpha value is -3.92. The van der Waals surface area contributed by atoms with Gasteiger partial charge in [0, 0.05) is 18.8 Å². The Morgan fingerprint density at radius 1 is 1.00 bits per heavy atom. The van der Waals surface area contributed by atoms with Crippen molar-refractivity contribution in [2.45, 2.75) is 110 Å². The lowest BCUT2D eigenvalue weighted by Gasteiger charge is -2.34. The smallest absolute Gasteiger partial charge is 0.416 e. The Morgan fingerprint density at radius 3 is 2.29 bits per heavy atom. The third-order valence-electron chi connectivity index (χ3n) is 11.1. The fraction of sp³-hybridized carbons (Fsp3) is 0.537. The van der Waals surface area contributed by atoms with E-state index in [0.29, 0.717) is 43.5 Å². The second-order valence-corrected chi connectivity index (χ2v) is 15.5. The number of piperidine rings is 1. The number of aromatic nitrogens is 1. The van der Waals surface area contributed by atoms with Gasteiger partial charge in [0.05, 0.1) is 18.0 Å². The number of halogens is 3. The molecule has 0 unspecified atom stereocenters. The van der Waals surface area contributed by atoms with E-state index >= 15 is 0 Å². The molecule has 1 amide bonds. The molecular formula is C41H50F3N3O4.